The second kappa shape index (κ2) is 7.93. The molecule has 124 valence electrons. The number of carbonyl (C=O) groups excluding carboxylic acids is 1. The summed E-state index contributed by atoms with van der Waals surface area (Å²) in [5.74, 6) is -0.157. The quantitative estimate of drug-likeness (QED) is 0.817. The van der Waals surface area contributed by atoms with Gasteiger partial charge in [-0.1, -0.05) is 11.3 Å². The molecule has 2 heterocycles. The molecule has 1 amide bonds. The van der Waals surface area contributed by atoms with Crippen molar-refractivity contribution in [2.45, 2.75) is 39.8 Å². The van der Waals surface area contributed by atoms with Gasteiger partial charge in [-0.25, -0.2) is 4.79 Å². The highest BCUT2D eigenvalue weighted by Gasteiger charge is 2.09. The van der Waals surface area contributed by atoms with Crippen molar-refractivity contribution in [3.63, 3.8) is 0 Å². The fourth-order valence-corrected chi connectivity index (χ4v) is 2.84. The number of anilines is 1. The number of rotatable bonds is 7. The average Bonchev–Trinajstić information content (AvgIpc) is 2.89. The summed E-state index contributed by atoms with van der Waals surface area (Å²) in [6.07, 6.45) is 0.833. The van der Waals surface area contributed by atoms with E-state index in [2.05, 4.69) is 20.5 Å². The zero-order valence-corrected chi connectivity index (χ0v) is 14.1. The molecule has 2 aromatic heterocycles. The predicted molar refractivity (Wildman–Crippen MR) is 86.5 cm³/mol. The van der Waals surface area contributed by atoms with Crippen molar-refractivity contribution in [1.82, 2.24) is 19.7 Å². The summed E-state index contributed by atoms with van der Waals surface area (Å²) in [4.78, 5) is 27.6. The van der Waals surface area contributed by atoms with E-state index in [-0.39, 0.29) is 11.6 Å². The number of aryl methyl sites for hydroxylation is 2. The number of methoxy groups -OCH3 is 1. The number of amides is 1. The van der Waals surface area contributed by atoms with Crippen molar-refractivity contribution in [3.05, 3.63) is 32.9 Å². The van der Waals surface area contributed by atoms with Crippen LogP contribution in [-0.4, -0.2) is 32.8 Å². The molecule has 0 aliphatic rings. The summed E-state index contributed by atoms with van der Waals surface area (Å²) in [6.45, 7) is 4.47. The summed E-state index contributed by atoms with van der Waals surface area (Å²) in [5, 5.41) is 11.6. The highest BCUT2D eigenvalue weighted by Crippen LogP contribution is 2.16. The Kier molecular flexibility index (Phi) is 5.94. The average molecular weight is 337 g/mol. The molecule has 2 aromatic rings. The maximum Gasteiger partial charge on any atom is 0.347 e. The summed E-state index contributed by atoms with van der Waals surface area (Å²) >= 11 is 1.28. The highest BCUT2D eigenvalue weighted by molar-refractivity contribution is 7.15. The molecule has 0 bridgehead atoms. The third-order valence-electron chi connectivity index (χ3n) is 3.11. The molecule has 0 fully saturated rings. The number of carbonyl (C=O) groups is 1. The molecule has 0 aliphatic carbocycles. The minimum absolute atomic E-state index is 0.157. The van der Waals surface area contributed by atoms with E-state index >= 15 is 0 Å². The molecule has 2 rings (SSSR count). The van der Waals surface area contributed by atoms with Gasteiger partial charge in [0.25, 0.3) is 0 Å². The van der Waals surface area contributed by atoms with Crippen molar-refractivity contribution in [1.29, 1.82) is 0 Å². The van der Waals surface area contributed by atoms with Gasteiger partial charge in [-0.15, -0.1) is 10.2 Å². The first-order valence-corrected chi connectivity index (χ1v) is 7.97. The van der Waals surface area contributed by atoms with Crippen molar-refractivity contribution >= 4 is 22.4 Å². The van der Waals surface area contributed by atoms with Crippen LogP contribution in [0.2, 0.25) is 0 Å². The van der Waals surface area contributed by atoms with E-state index in [1.807, 2.05) is 13.0 Å². The van der Waals surface area contributed by atoms with Gasteiger partial charge in [0.2, 0.25) is 11.0 Å². The molecule has 0 aromatic carbocycles. The van der Waals surface area contributed by atoms with Crippen LogP contribution in [0.4, 0.5) is 5.13 Å². The standard InChI is InChI=1S/C14H19N5O3S/c1-9-7-10(2)19(14(21)15-9)6-4-5-11(20)16-13-18-17-12(23-13)8-22-3/h7H,4-6,8H2,1-3H3,(H,16,18,20). The summed E-state index contributed by atoms with van der Waals surface area (Å²) < 4.78 is 6.52. The molecule has 0 aliphatic heterocycles. The van der Waals surface area contributed by atoms with Gasteiger partial charge in [-0.05, 0) is 26.3 Å². The first kappa shape index (κ1) is 17.2. The Morgan fingerprint density at radius 3 is 2.87 bits per heavy atom. The van der Waals surface area contributed by atoms with Crippen molar-refractivity contribution in [2.24, 2.45) is 0 Å². The van der Waals surface area contributed by atoms with Crippen molar-refractivity contribution in [2.75, 3.05) is 12.4 Å². The van der Waals surface area contributed by atoms with Crippen LogP contribution in [0.3, 0.4) is 0 Å². The lowest BCUT2D eigenvalue weighted by molar-refractivity contribution is -0.116. The maximum atomic E-state index is 11.9. The number of nitrogens with one attached hydrogen (secondary N) is 1. The van der Waals surface area contributed by atoms with Crippen LogP contribution in [0.5, 0.6) is 0 Å². The smallest absolute Gasteiger partial charge is 0.347 e. The molecule has 9 heteroatoms. The Morgan fingerprint density at radius 1 is 1.39 bits per heavy atom. The number of ether oxygens (including phenoxy) is 1. The van der Waals surface area contributed by atoms with Crippen molar-refractivity contribution in [3.8, 4) is 0 Å². The van der Waals surface area contributed by atoms with Crippen LogP contribution in [0.25, 0.3) is 0 Å². The van der Waals surface area contributed by atoms with E-state index in [1.165, 1.54) is 11.3 Å². The van der Waals surface area contributed by atoms with E-state index < -0.39 is 0 Å². The molecule has 0 saturated heterocycles. The lowest BCUT2D eigenvalue weighted by atomic mass is 10.2. The first-order chi connectivity index (χ1) is 11.0. The van der Waals surface area contributed by atoms with Gasteiger partial charge < -0.3 is 10.1 Å². The highest BCUT2D eigenvalue weighted by atomic mass is 32.1. The molecular formula is C14H19N5O3S. The molecule has 1 N–H and O–H groups in total. The van der Waals surface area contributed by atoms with E-state index in [4.69, 9.17) is 4.74 Å². The first-order valence-electron chi connectivity index (χ1n) is 7.16. The van der Waals surface area contributed by atoms with E-state index in [0.717, 1.165) is 5.69 Å². The molecule has 0 unspecified atom stereocenters. The van der Waals surface area contributed by atoms with Gasteiger partial charge in [-0.3, -0.25) is 9.36 Å². The lowest BCUT2D eigenvalue weighted by Gasteiger charge is -2.09. The van der Waals surface area contributed by atoms with Crippen LogP contribution >= 0.6 is 11.3 Å². The summed E-state index contributed by atoms with van der Waals surface area (Å²) in [5.41, 5.74) is 1.26. The minimum Gasteiger partial charge on any atom is -0.377 e. The molecule has 0 saturated carbocycles. The van der Waals surface area contributed by atoms with E-state index in [0.29, 0.717) is 41.8 Å². The van der Waals surface area contributed by atoms with Crippen LogP contribution < -0.4 is 11.0 Å². The van der Waals surface area contributed by atoms with Crippen LogP contribution in [0.15, 0.2) is 10.9 Å². The van der Waals surface area contributed by atoms with Crippen LogP contribution in [0.1, 0.15) is 29.2 Å². The zero-order chi connectivity index (χ0) is 16.8. The van der Waals surface area contributed by atoms with E-state index in [9.17, 15) is 9.59 Å². The van der Waals surface area contributed by atoms with Gasteiger partial charge in [0.15, 0.2) is 0 Å². The Labute approximate surface area is 137 Å². The Balaban J connectivity index is 1.84. The fourth-order valence-electron chi connectivity index (χ4n) is 2.11. The summed E-state index contributed by atoms with van der Waals surface area (Å²) in [7, 11) is 1.57. The van der Waals surface area contributed by atoms with Gasteiger partial charge in [0.05, 0.1) is 0 Å². The molecular weight excluding hydrogens is 318 g/mol. The minimum atomic E-state index is -0.281. The number of nitrogens with zero attached hydrogens (tertiary/aromatic N) is 4. The second-order valence-corrected chi connectivity index (χ2v) is 6.12. The molecule has 0 radical (unpaired) electrons. The van der Waals surface area contributed by atoms with Gasteiger partial charge in [0.1, 0.15) is 11.6 Å². The zero-order valence-electron chi connectivity index (χ0n) is 13.3. The number of aromatic nitrogens is 4. The summed E-state index contributed by atoms with van der Waals surface area (Å²) in [6, 6.07) is 1.85. The Hall–Kier alpha value is -2.13. The number of hydrogen-bond donors (Lipinski definition) is 1. The van der Waals surface area contributed by atoms with Crippen LogP contribution in [0, 0.1) is 13.8 Å². The second-order valence-electron chi connectivity index (χ2n) is 5.06. The van der Waals surface area contributed by atoms with Crippen molar-refractivity contribution < 1.29 is 9.53 Å². The fraction of sp³-hybridized carbons (Fsp3) is 0.500. The third-order valence-corrected chi connectivity index (χ3v) is 3.93. The Bertz CT molecular complexity index is 740. The molecule has 8 nitrogen and oxygen atoms in total. The van der Waals surface area contributed by atoms with Gasteiger partial charge in [-0.2, -0.15) is 4.98 Å². The van der Waals surface area contributed by atoms with Gasteiger partial charge in [0, 0.05) is 31.5 Å². The topological polar surface area (TPSA) is 99.0 Å². The largest absolute Gasteiger partial charge is 0.377 e. The molecule has 23 heavy (non-hydrogen) atoms. The number of hydrogen-bond acceptors (Lipinski definition) is 7. The molecule has 0 atom stereocenters. The molecule has 0 spiro atoms. The normalized spacial score (nSPS) is 10.7. The van der Waals surface area contributed by atoms with E-state index in [1.54, 1.807) is 18.6 Å². The SMILES string of the molecule is COCc1nnc(NC(=O)CCCn2c(C)cc(C)nc2=O)s1. The van der Waals surface area contributed by atoms with Crippen LogP contribution in [-0.2, 0) is 22.7 Å². The van der Waals surface area contributed by atoms with Gasteiger partial charge >= 0.3 is 5.69 Å². The maximum absolute atomic E-state index is 11.9. The Morgan fingerprint density at radius 2 is 2.17 bits per heavy atom. The monoisotopic (exact) mass is 337 g/mol. The predicted octanol–water partition coefficient (Wildman–Crippen LogP) is 1.28. The third kappa shape index (κ3) is 4.93. The lowest BCUT2D eigenvalue weighted by Crippen LogP contribution is -2.26.